The predicted octanol–water partition coefficient (Wildman–Crippen LogP) is 4.32. The number of carbonyl (C=O) groups is 4. The fourth-order valence-corrected chi connectivity index (χ4v) is 5.59. The summed E-state index contributed by atoms with van der Waals surface area (Å²) in [6, 6.07) is 7.49. The highest BCUT2D eigenvalue weighted by Crippen LogP contribution is 2.32. The van der Waals surface area contributed by atoms with E-state index in [1.54, 1.807) is 12.1 Å². The minimum absolute atomic E-state index is 0.0739. The second-order valence-electron chi connectivity index (χ2n) is 10.4. The topological polar surface area (TPSA) is 102 Å². The number of piperazine rings is 1. The molecule has 0 aromatic heterocycles. The number of rotatable bonds is 5. The quantitative estimate of drug-likeness (QED) is 0.508. The molecule has 5 amide bonds. The third-order valence-electron chi connectivity index (χ3n) is 7.60. The molecule has 1 atom stereocenters. The number of piperidine rings is 1. The SMILES string of the molecule is O=C(ON1C(=O)NC(Cc2ccc(C(F)(F)F)cc2)C1=O)N1CCN(c2cccc(C(=O)N3CCCCC3)c2Cl)CC1. The number of nitrogens with zero attached hydrogens (tertiary/aromatic N) is 4. The Morgan fingerprint density at radius 1 is 0.905 bits per heavy atom. The van der Waals surface area contributed by atoms with Crippen LogP contribution in [0.2, 0.25) is 5.02 Å². The molecule has 3 aliphatic heterocycles. The van der Waals surface area contributed by atoms with Gasteiger partial charge in [0.2, 0.25) is 0 Å². The van der Waals surface area contributed by atoms with Crippen LogP contribution in [0.4, 0.5) is 28.4 Å². The monoisotopic (exact) mass is 607 g/mol. The molecule has 0 spiro atoms. The molecule has 10 nitrogen and oxygen atoms in total. The molecular formula is C28H29ClF3N5O5. The Balaban J connectivity index is 1.15. The number of imide groups is 1. The van der Waals surface area contributed by atoms with E-state index in [0.29, 0.717) is 53.1 Å². The Morgan fingerprint density at radius 2 is 1.57 bits per heavy atom. The number of anilines is 1. The maximum atomic E-state index is 13.0. The van der Waals surface area contributed by atoms with Gasteiger partial charge in [-0.05, 0) is 49.1 Å². The summed E-state index contributed by atoms with van der Waals surface area (Å²) in [5.41, 5.74) is 0.672. The number of hydrogen-bond acceptors (Lipinski definition) is 6. The molecule has 42 heavy (non-hydrogen) atoms. The minimum atomic E-state index is -4.49. The van der Waals surface area contributed by atoms with Gasteiger partial charge in [0.05, 0.1) is 21.8 Å². The molecule has 14 heteroatoms. The van der Waals surface area contributed by atoms with Crippen LogP contribution < -0.4 is 10.2 Å². The van der Waals surface area contributed by atoms with Crippen LogP contribution in [0.25, 0.3) is 0 Å². The average molecular weight is 608 g/mol. The van der Waals surface area contributed by atoms with Gasteiger partial charge in [0.15, 0.2) is 0 Å². The van der Waals surface area contributed by atoms with E-state index in [0.717, 1.165) is 31.4 Å². The fourth-order valence-electron chi connectivity index (χ4n) is 5.26. The summed E-state index contributed by atoms with van der Waals surface area (Å²) in [5, 5.41) is 3.09. The maximum absolute atomic E-state index is 13.0. The van der Waals surface area contributed by atoms with Gasteiger partial charge in [-0.1, -0.05) is 34.9 Å². The van der Waals surface area contributed by atoms with Crippen LogP contribution in [-0.4, -0.2) is 84.1 Å². The average Bonchev–Trinajstić information content (AvgIpc) is 3.24. The maximum Gasteiger partial charge on any atom is 0.434 e. The second-order valence-corrected chi connectivity index (χ2v) is 10.7. The molecule has 0 saturated carbocycles. The molecule has 0 radical (unpaired) electrons. The summed E-state index contributed by atoms with van der Waals surface area (Å²) >= 11 is 6.67. The molecule has 2 aromatic carbocycles. The number of carbonyl (C=O) groups excluding carboxylic acids is 4. The van der Waals surface area contributed by atoms with Gasteiger partial charge >= 0.3 is 18.3 Å². The first-order valence-corrected chi connectivity index (χ1v) is 14.0. The number of hydrogen-bond donors (Lipinski definition) is 1. The van der Waals surface area contributed by atoms with Gasteiger partial charge in [-0.25, -0.2) is 9.59 Å². The molecule has 2 aromatic rings. The van der Waals surface area contributed by atoms with Crippen LogP contribution in [0.5, 0.6) is 0 Å². The van der Waals surface area contributed by atoms with Crippen molar-refractivity contribution in [2.75, 3.05) is 44.2 Å². The summed E-state index contributed by atoms with van der Waals surface area (Å²) in [6.07, 6.45) is -2.43. The van der Waals surface area contributed by atoms with Gasteiger partial charge in [-0.15, -0.1) is 0 Å². The molecule has 3 aliphatic rings. The lowest BCUT2D eigenvalue weighted by Gasteiger charge is -2.36. The molecule has 1 unspecified atom stereocenters. The van der Waals surface area contributed by atoms with Crippen molar-refractivity contribution in [3.05, 3.63) is 64.2 Å². The summed E-state index contributed by atoms with van der Waals surface area (Å²) in [6.45, 7) is 2.55. The van der Waals surface area contributed by atoms with Crippen LogP contribution in [0, 0.1) is 0 Å². The molecule has 0 bridgehead atoms. The predicted molar refractivity (Wildman–Crippen MR) is 146 cm³/mol. The third kappa shape index (κ3) is 6.25. The van der Waals surface area contributed by atoms with Crippen molar-refractivity contribution in [3.63, 3.8) is 0 Å². The first-order valence-electron chi connectivity index (χ1n) is 13.6. The van der Waals surface area contributed by atoms with E-state index in [9.17, 15) is 32.3 Å². The van der Waals surface area contributed by atoms with E-state index in [1.165, 1.54) is 17.0 Å². The number of benzene rings is 2. The largest absolute Gasteiger partial charge is 0.434 e. The number of amides is 5. The van der Waals surface area contributed by atoms with Crippen molar-refractivity contribution in [3.8, 4) is 0 Å². The Morgan fingerprint density at radius 3 is 2.21 bits per heavy atom. The van der Waals surface area contributed by atoms with Crippen molar-refractivity contribution in [1.29, 1.82) is 0 Å². The van der Waals surface area contributed by atoms with Crippen molar-refractivity contribution in [2.24, 2.45) is 0 Å². The van der Waals surface area contributed by atoms with Gasteiger partial charge in [-0.2, -0.15) is 13.2 Å². The van der Waals surface area contributed by atoms with Crippen molar-refractivity contribution in [2.45, 2.75) is 37.9 Å². The summed E-state index contributed by atoms with van der Waals surface area (Å²) in [7, 11) is 0. The zero-order valence-corrected chi connectivity index (χ0v) is 23.3. The highest BCUT2D eigenvalue weighted by atomic mass is 35.5. The Bertz CT molecular complexity index is 1360. The second kappa shape index (κ2) is 12.1. The molecule has 3 fully saturated rings. The van der Waals surface area contributed by atoms with Crippen molar-refractivity contribution < 1.29 is 37.2 Å². The smallest absolute Gasteiger partial charge is 0.367 e. The zero-order valence-electron chi connectivity index (χ0n) is 22.5. The van der Waals surface area contributed by atoms with E-state index in [4.69, 9.17) is 16.4 Å². The van der Waals surface area contributed by atoms with Gasteiger partial charge in [0, 0.05) is 45.7 Å². The molecule has 5 rings (SSSR count). The number of halogens is 4. The van der Waals surface area contributed by atoms with Gasteiger partial charge < -0.3 is 24.9 Å². The normalized spacial score (nSPS) is 19.7. The zero-order chi connectivity index (χ0) is 30.0. The lowest BCUT2D eigenvalue weighted by molar-refractivity contribution is -0.151. The summed E-state index contributed by atoms with van der Waals surface area (Å²) < 4.78 is 38.4. The summed E-state index contributed by atoms with van der Waals surface area (Å²) in [4.78, 5) is 61.2. The first-order chi connectivity index (χ1) is 20.0. The fraction of sp³-hybridized carbons (Fsp3) is 0.429. The van der Waals surface area contributed by atoms with Gasteiger partial charge in [0.25, 0.3) is 11.8 Å². The lowest BCUT2D eigenvalue weighted by Crippen LogP contribution is -2.51. The number of nitrogens with one attached hydrogen (secondary N) is 1. The molecule has 1 N–H and O–H groups in total. The number of likely N-dealkylation sites (tertiary alicyclic amines) is 1. The minimum Gasteiger partial charge on any atom is -0.367 e. The molecule has 3 saturated heterocycles. The van der Waals surface area contributed by atoms with Crippen molar-refractivity contribution >= 4 is 41.2 Å². The van der Waals surface area contributed by atoms with E-state index < -0.39 is 35.8 Å². The van der Waals surface area contributed by atoms with Crippen LogP contribution >= 0.6 is 11.6 Å². The number of hydroxylamine groups is 2. The highest BCUT2D eigenvalue weighted by Gasteiger charge is 2.42. The Labute approximate surface area is 244 Å². The van der Waals surface area contributed by atoms with Crippen molar-refractivity contribution in [1.82, 2.24) is 20.2 Å². The van der Waals surface area contributed by atoms with Crippen LogP contribution in [0.1, 0.15) is 40.7 Å². The summed E-state index contributed by atoms with van der Waals surface area (Å²) in [5.74, 6) is -0.928. The van der Waals surface area contributed by atoms with Gasteiger partial charge in [0.1, 0.15) is 6.04 Å². The Kier molecular flexibility index (Phi) is 8.48. The van der Waals surface area contributed by atoms with E-state index in [1.807, 2.05) is 15.9 Å². The molecule has 0 aliphatic carbocycles. The molecule has 224 valence electrons. The standard InChI is InChI=1S/C28H29ClF3N5O5/c29-23-20(24(38)35-11-2-1-3-12-35)5-4-6-22(23)34-13-15-36(16-14-34)27(41)42-37-25(39)21(33-26(37)40)17-18-7-9-19(10-8-18)28(30,31)32/h4-10,21H,1-3,11-17H2,(H,33,40). The number of alkyl halides is 3. The van der Waals surface area contributed by atoms with Gasteiger partial charge in [-0.3, -0.25) is 9.59 Å². The number of urea groups is 1. The van der Waals surface area contributed by atoms with E-state index in [-0.39, 0.29) is 25.4 Å². The molecular weight excluding hydrogens is 579 g/mol. The first kappa shape index (κ1) is 29.5. The van der Waals surface area contributed by atoms with E-state index >= 15 is 0 Å². The van der Waals surface area contributed by atoms with Crippen LogP contribution in [-0.2, 0) is 22.2 Å². The van der Waals surface area contributed by atoms with Crippen LogP contribution in [0.3, 0.4) is 0 Å². The Hall–Kier alpha value is -4.00. The van der Waals surface area contributed by atoms with Crippen LogP contribution in [0.15, 0.2) is 42.5 Å². The third-order valence-corrected chi connectivity index (χ3v) is 8.00. The molecule has 3 heterocycles. The van der Waals surface area contributed by atoms with E-state index in [2.05, 4.69) is 5.32 Å². The lowest BCUT2D eigenvalue weighted by atomic mass is 10.0. The highest BCUT2D eigenvalue weighted by molar-refractivity contribution is 6.36.